The van der Waals surface area contributed by atoms with E-state index in [0.29, 0.717) is 6.04 Å². The summed E-state index contributed by atoms with van der Waals surface area (Å²) >= 11 is 0. The smallest absolute Gasteiger partial charge is 0.0104 e. The molecule has 0 heterocycles. The van der Waals surface area contributed by atoms with E-state index in [1.165, 1.54) is 25.7 Å². The van der Waals surface area contributed by atoms with Gasteiger partial charge in [0, 0.05) is 12.1 Å². The molecular formula is C8H18N2. The summed E-state index contributed by atoms with van der Waals surface area (Å²) in [5.41, 5.74) is 5.84. The number of rotatable bonds is 1. The largest absolute Gasteiger partial charge is 0.328 e. The van der Waals surface area contributed by atoms with Gasteiger partial charge in [-0.3, -0.25) is 0 Å². The Morgan fingerprint density at radius 1 is 1.30 bits per heavy atom. The van der Waals surface area contributed by atoms with Crippen LogP contribution in [0.15, 0.2) is 0 Å². The van der Waals surface area contributed by atoms with Crippen LogP contribution in [0.2, 0.25) is 0 Å². The maximum absolute atomic E-state index is 5.84. The first-order valence-electron chi connectivity index (χ1n) is 4.12. The summed E-state index contributed by atoms with van der Waals surface area (Å²) < 4.78 is 0. The van der Waals surface area contributed by atoms with E-state index in [2.05, 4.69) is 19.0 Å². The van der Waals surface area contributed by atoms with Gasteiger partial charge in [-0.05, 0) is 33.4 Å². The van der Waals surface area contributed by atoms with Gasteiger partial charge in [0.2, 0.25) is 0 Å². The second-order valence-electron chi connectivity index (χ2n) is 3.54. The molecule has 0 spiro atoms. The fourth-order valence-corrected chi connectivity index (χ4v) is 1.67. The summed E-state index contributed by atoms with van der Waals surface area (Å²) in [6.07, 6.45) is 5.06. The molecule has 10 heavy (non-hydrogen) atoms. The topological polar surface area (TPSA) is 29.3 Å². The van der Waals surface area contributed by atoms with Crippen molar-refractivity contribution in [3.05, 3.63) is 0 Å². The van der Waals surface area contributed by atoms with Crippen LogP contribution >= 0.6 is 0 Å². The van der Waals surface area contributed by atoms with Gasteiger partial charge in [-0.1, -0.05) is 6.42 Å². The molecule has 0 aromatic carbocycles. The van der Waals surface area contributed by atoms with Gasteiger partial charge in [0.1, 0.15) is 0 Å². The van der Waals surface area contributed by atoms with E-state index in [-0.39, 0.29) is 0 Å². The molecule has 60 valence electrons. The first kappa shape index (κ1) is 8.02. The molecule has 1 saturated carbocycles. The first-order chi connectivity index (χ1) is 4.70. The lowest BCUT2D eigenvalue weighted by Crippen LogP contribution is -2.38. The molecule has 1 aliphatic rings. The van der Waals surface area contributed by atoms with Crippen LogP contribution in [0.25, 0.3) is 0 Å². The molecule has 2 atom stereocenters. The molecule has 1 fully saturated rings. The van der Waals surface area contributed by atoms with E-state index in [9.17, 15) is 0 Å². The van der Waals surface area contributed by atoms with Crippen LogP contribution in [0.1, 0.15) is 25.7 Å². The molecule has 1 rings (SSSR count). The highest BCUT2D eigenvalue weighted by molar-refractivity contribution is 4.79. The van der Waals surface area contributed by atoms with Crippen molar-refractivity contribution in [1.29, 1.82) is 0 Å². The van der Waals surface area contributed by atoms with Gasteiger partial charge in [0.15, 0.2) is 0 Å². The maximum atomic E-state index is 5.84. The van der Waals surface area contributed by atoms with Crippen molar-refractivity contribution in [2.24, 2.45) is 5.73 Å². The molecule has 0 amide bonds. The molecule has 0 aromatic rings. The average Bonchev–Trinajstić information content (AvgIpc) is 1.88. The Balaban J connectivity index is 2.32. The van der Waals surface area contributed by atoms with Crippen LogP contribution in [0, 0.1) is 0 Å². The van der Waals surface area contributed by atoms with Gasteiger partial charge in [-0.15, -0.1) is 0 Å². The standard InChI is InChI=1S/C8H18N2/c1-10(2)8-5-3-4-7(9)6-8/h7-8H,3-6,9H2,1-2H3/t7-,8-/m1/s1. The summed E-state index contributed by atoms with van der Waals surface area (Å²) in [6, 6.07) is 1.20. The van der Waals surface area contributed by atoms with Crippen LogP contribution in [-0.2, 0) is 0 Å². The normalized spacial score (nSPS) is 34.8. The van der Waals surface area contributed by atoms with Crippen LogP contribution in [0.5, 0.6) is 0 Å². The second kappa shape index (κ2) is 3.35. The molecular weight excluding hydrogens is 124 g/mol. The lowest BCUT2D eigenvalue weighted by molar-refractivity contribution is 0.214. The van der Waals surface area contributed by atoms with E-state index < -0.39 is 0 Å². The van der Waals surface area contributed by atoms with E-state index in [1.807, 2.05) is 0 Å². The minimum atomic E-state index is 0.459. The highest BCUT2D eigenvalue weighted by Crippen LogP contribution is 2.19. The summed E-state index contributed by atoms with van der Waals surface area (Å²) in [7, 11) is 4.28. The molecule has 0 radical (unpaired) electrons. The molecule has 2 heteroatoms. The predicted molar refractivity (Wildman–Crippen MR) is 43.9 cm³/mol. The van der Waals surface area contributed by atoms with E-state index in [4.69, 9.17) is 5.73 Å². The predicted octanol–water partition coefficient (Wildman–Crippen LogP) is 0.818. The van der Waals surface area contributed by atoms with E-state index in [0.717, 1.165) is 6.04 Å². The minimum absolute atomic E-state index is 0.459. The Labute approximate surface area is 63.4 Å². The Kier molecular flexibility index (Phi) is 2.69. The molecule has 0 unspecified atom stereocenters. The van der Waals surface area contributed by atoms with E-state index in [1.54, 1.807) is 0 Å². The second-order valence-corrected chi connectivity index (χ2v) is 3.54. The lowest BCUT2D eigenvalue weighted by atomic mass is 9.91. The molecule has 2 nitrogen and oxygen atoms in total. The van der Waals surface area contributed by atoms with E-state index >= 15 is 0 Å². The molecule has 0 saturated heterocycles. The van der Waals surface area contributed by atoms with Crippen molar-refractivity contribution in [3.8, 4) is 0 Å². The van der Waals surface area contributed by atoms with Crippen LogP contribution in [0.4, 0.5) is 0 Å². The van der Waals surface area contributed by atoms with Gasteiger partial charge in [0.25, 0.3) is 0 Å². The number of hydrogen-bond acceptors (Lipinski definition) is 2. The van der Waals surface area contributed by atoms with Gasteiger partial charge in [-0.2, -0.15) is 0 Å². The fraction of sp³-hybridized carbons (Fsp3) is 1.00. The summed E-state index contributed by atoms with van der Waals surface area (Å²) in [6.45, 7) is 0. The number of nitrogens with two attached hydrogens (primary N) is 1. The lowest BCUT2D eigenvalue weighted by Gasteiger charge is -2.31. The van der Waals surface area contributed by atoms with Gasteiger partial charge in [0.05, 0.1) is 0 Å². The zero-order chi connectivity index (χ0) is 7.56. The monoisotopic (exact) mass is 142 g/mol. The molecule has 1 aliphatic carbocycles. The Morgan fingerprint density at radius 2 is 2.00 bits per heavy atom. The van der Waals surface area contributed by atoms with Crippen molar-refractivity contribution in [3.63, 3.8) is 0 Å². The van der Waals surface area contributed by atoms with Gasteiger partial charge >= 0.3 is 0 Å². The number of hydrogen-bond donors (Lipinski definition) is 1. The van der Waals surface area contributed by atoms with Gasteiger partial charge in [-0.25, -0.2) is 0 Å². The molecule has 0 aliphatic heterocycles. The van der Waals surface area contributed by atoms with Crippen LogP contribution in [0.3, 0.4) is 0 Å². The SMILES string of the molecule is CN(C)[C@@H]1CCC[C@@H](N)C1. The minimum Gasteiger partial charge on any atom is -0.328 e. The Bertz CT molecular complexity index is 101. The summed E-state index contributed by atoms with van der Waals surface area (Å²) in [5.74, 6) is 0. The van der Waals surface area contributed by atoms with Crippen LogP contribution < -0.4 is 5.73 Å². The third-order valence-corrected chi connectivity index (χ3v) is 2.42. The fourth-order valence-electron chi connectivity index (χ4n) is 1.67. The molecule has 0 aromatic heterocycles. The summed E-state index contributed by atoms with van der Waals surface area (Å²) in [5, 5.41) is 0. The van der Waals surface area contributed by atoms with Crippen molar-refractivity contribution in [2.45, 2.75) is 37.8 Å². The van der Waals surface area contributed by atoms with Crippen LogP contribution in [-0.4, -0.2) is 31.1 Å². The third kappa shape index (κ3) is 1.96. The highest BCUT2D eigenvalue weighted by atomic mass is 15.1. The first-order valence-corrected chi connectivity index (χ1v) is 4.12. The zero-order valence-electron chi connectivity index (χ0n) is 7.01. The average molecular weight is 142 g/mol. The van der Waals surface area contributed by atoms with Crippen molar-refractivity contribution in [1.82, 2.24) is 4.90 Å². The molecule has 2 N–H and O–H groups in total. The Morgan fingerprint density at radius 3 is 2.40 bits per heavy atom. The summed E-state index contributed by atoms with van der Waals surface area (Å²) in [4.78, 5) is 2.29. The number of nitrogens with zero attached hydrogens (tertiary/aromatic N) is 1. The van der Waals surface area contributed by atoms with Crippen molar-refractivity contribution >= 4 is 0 Å². The zero-order valence-corrected chi connectivity index (χ0v) is 7.01. The van der Waals surface area contributed by atoms with Crippen molar-refractivity contribution < 1.29 is 0 Å². The maximum Gasteiger partial charge on any atom is 0.0104 e. The quantitative estimate of drug-likeness (QED) is 0.587. The van der Waals surface area contributed by atoms with Gasteiger partial charge < -0.3 is 10.6 Å². The third-order valence-electron chi connectivity index (χ3n) is 2.42. The highest BCUT2D eigenvalue weighted by Gasteiger charge is 2.19. The van der Waals surface area contributed by atoms with Crippen molar-refractivity contribution in [2.75, 3.05) is 14.1 Å². The molecule has 0 bridgehead atoms. The Hall–Kier alpha value is -0.0800.